The zero-order valence-corrected chi connectivity index (χ0v) is 17.9. The second kappa shape index (κ2) is 8.34. The van der Waals surface area contributed by atoms with Gasteiger partial charge in [-0.05, 0) is 66.1 Å². The summed E-state index contributed by atoms with van der Waals surface area (Å²) < 4.78 is 25.6. The van der Waals surface area contributed by atoms with E-state index in [-0.39, 0.29) is 5.92 Å². The number of hydrogen-bond acceptors (Lipinski definition) is 4. The van der Waals surface area contributed by atoms with E-state index in [9.17, 15) is 13.9 Å². The number of hydrogen-bond donors (Lipinski definition) is 4. The summed E-state index contributed by atoms with van der Waals surface area (Å²) in [6.07, 6.45) is 4.32. The molecule has 2 aromatic carbocycles. The first-order chi connectivity index (χ1) is 14.4. The summed E-state index contributed by atoms with van der Waals surface area (Å²) in [6, 6.07) is 11.7. The molecule has 1 aliphatic rings. The highest BCUT2D eigenvalue weighted by Crippen LogP contribution is 2.49. The Morgan fingerprint density at radius 1 is 1.17 bits per heavy atom. The van der Waals surface area contributed by atoms with Gasteiger partial charge in [0.1, 0.15) is 5.75 Å². The average molecular weight is 429 g/mol. The lowest BCUT2D eigenvalue weighted by atomic mass is 9.91. The van der Waals surface area contributed by atoms with Crippen LogP contribution < -0.4 is 10.5 Å². The van der Waals surface area contributed by atoms with Crippen LogP contribution in [0.25, 0.3) is 22.0 Å². The standard InChI is InChI=1S/C23H28N2O4S/c1-2-9-29-18-5-3-15(4-6-18)17-12-19-21(16-7-10-30(27,28)11-8-16)14-25-22(19)20(13-17)23(24)26/h3-6,12-14,16,25,27-28H,2,7-11H2,1H3,(H2,24,26). The number of benzene rings is 2. The van der Waals surface area contributed by atoms with Crippen LogP contribution in [-0.2, 0) is 0 Å². The van der Waals surface area contributed by atoms with E-state index in [0.29, 0.717) is 23.7 Å². The molecule has 0 spiro atoms. The number of aromatic nitrogens is 1. The number of primary amides is 1. The van der Waals surface area contributed by atoms with Gasteiger partial charge in [-0.25, -0.2) is 0 Å². The van der Waals surface area contributed by atoms with E-state index in [1.54, 1.807) is 0 Å². The van der Waals surface area contributed by atoms with Gasteiger partial charge in [-0.2, -0.15) is 10.6 Å². The van der Waals surface area contributed by atoms with E-state index in [1.165, 1.54) is 0 Å². The van der Waals surface area contributed by atoms with Gasteiger partial charge in [-0.15, -0.1) is 0 Å². The number of nitrogens with two attached hydrogens (primary N) is 1. The van der Waals surface area contributed by atoms with Crippen molar-refractivity contribution in [2.45, 2.75) is 32.1 Å². The van der Waals surface area contributed by atoms with Crippen LogP contribution in [0.3, 0.4) is 0 Å². The molecule has 0 saturated carbocycles. The van der Waals surface area contributed by atoms with Gasteiger partial charge in [-0.1, -0.05) is 19.1 Å². The molecule has 7 heteroatoms. The van der Waals surface area contributed by atoms with Crippen LogP contribution >= 0.6 is 10.6 Å². The smallest absolute Gasteiger partial charge is 0.250 e. The Morgan fingerprint density at radius 2 is 1.87 bits per heavy atom. The highest BCUT2D eigenvalue weighted by atomic mass is 32.3. The van der Waals surface area contributed by atoms with Crippen LogP contribution in [0.5, 0.6) is 5.75 Å². The largest absolute Gasteiger partial charge is 0.494 e. The van der Waals surface area contributed by atoms with Gasteiger partial charge in [0, 0.05) is 23.1 Å². The molecule has 0 bridgehead atoms. The summed E-state index contributed by atoms with van der Waals surface area (Å²) >= 11 is 0. The minimum atomic E-state index is -2.44. The number of rotatable bonds is 6. The van der Waals surface area contributed by atoms with E-state index in [1.807, 2.05) is 36.5 Å². The number of carbonyl (C=O) groups excluding carboxylic acids is 1. The lowest BCUT2D eigenvalue weighted by Gasteiger charge is -2.39. The molecule has 0 aliphatic carbocycles. The van der Waals surface area contributed by atoms with Crippen molar-refractivity contribution in [3.63, 3.8) is 0 Å². The van der Waals surface area contributed by atoms with Crippen molar-refractivity contribution in [3.8, 4) is 16.9 Å². The molecule has 1 amide bonds. The van der Waals surface area contributed by atoms with Crippen molar-refractivity contribution in [2.24, 2.45) is 5.73 Å². The second-order valence-corrected chi connectivity index (χ2v) is 10.3. The quantitative estimate of drug-likeness (QED) is 0.424. The van der Waals surface area contributed by atoms with Crippen molar-refractivity contribution in [2.75, 3.05) is 18.1 Å². The van der Waals surface area contributed by atoms with Crippen molar-refractivity contribution >= 4 is 27.4 Å². The maximum Gasteiger partial charge on any atom is 0.250 e. The SMILES string of the molecule is CCCOc1ccc(-c2cc(C(N)=O)c3[nH]cc(C4CCS(O)(O)CC4)c3c2)cc1. The van der Waals surface area contributed by atoms with Crippen LogP contribution in [-0.4, -0.2) is 38.1 Å². The minimum absolute atomic E-state index is 0.222. The number of ether oxygens (including phenoxy) is 1. The predicted octanol–water partition coefficient (Wildman–Crippen LogP) is 5.35. The molecule has 6 nitrogen and oxygen atoms in total. The lowest BCUT2D eigenvalue weighted by Crippen LogP contribution is -2.19. The molecular formula is C23H28N2O4S. The van der Waals surface area contributed by atoms with Crippen LogP contribution in [0.2, 0.25) is 0 Å². The summed E-state index contributed by atoms with van der Waals surface area (Å²) in [7, 11) is -2.44. The fourth-order valence-electron chi connectivity index (χ4n) is 4.13. The van der Waals surface area contributed by atoms with Gasteiger partial charge >= 0.3 is 0 Å². The normalized spacial score (nSPS) is 17.7. The first-order valence-corrected chi connectivity index (χ1v) is 12.2. The van der Waals surface area contributed by atoms with E-state index in [0.717, 1.165) is 52.6 Å². The third-order valence-corrected chi connectivity index (χ3v) is 7.55. The van der Waals surface area contributed by atoms with Gasteiger partial charge in [0.25, 0.3) is 5.91 Å². The Hall–Kier alpha value is -2.48. The molecular weight excluding hydrogens is 400 g/mol. The second-order valence-electron chi connectivity index (χ2n) is 7.91. The monoisotopic (exact) mass is 428 g/mol. The van der Waals surface area contributed by atoms with Gasteiger partial charge in [0.05, 0.1) is 17.7 Å². The van der Waals surface area contributed by atoms with Crippen LogP contribution in [0, 0.1) is 0 Å². The molecule has 3 aromatic rings. The van der Waals surface area contributed by atoms with Crippen molar-refractivity contribution in [1.82, 2.24) is 4.98 Å². The number of fused-ring (bicyclic) bond motifs is 1. The zero-order valence-electron chi connectivity index (χ0n) is 17.1. The van der Waals surface area contributed by atoms with E-state index >= 15 is 0 Å². The van der Waals surface area contributed by atoms with Gasteiger partial charge < -0.3 is 15.5 Å². The molecule has 30 heavy (non-hydrogen) atoms. The van der Waals surface area contributed by atoms with Crippen LogP contribution in [0.4, 0.5) is 0 Å². The molecule has 0 atom stereocenters. The minimum Gasteiger partial charge on any atom is -0.494 e. The molecule has 0 radical (unpaired) electrons. The Labute approximate surface area is 177 Å². The van der Waals surface area contributed by atoms with E-state index in [2.05, 4.69) is 18.0 Å². The number of nitrogens with one attached hydrogen (secondary N) is 1. The first-order valence-electron chi connectivity index (χ1n) is 10.3. The summed E-state index contributed by atoms with van der Waals surface area (Å²) in [5.74, 6) is 1.41. The molecule has 160 valence electrons. The highest BCUT2D eigenvalue weighted by Gasteiger charge is 2.27. The summed E-state index contributed by atoms with van der Waals surface area (Å²) in [4.78, 5) is 15.4. The number of carbonyl (C=O) groups is 1. The Kier molecular flexibility index (Phi) is 5.77. The summed E-state index contributed by atoms with van der Waals surface area (Å²) in [5, 5.41) is 0.969. The highest BCUT2D eigenvalue weighted by molar-refractivity contribution is 8.24. The Morgan fingerprint density at radius 3 is 2.50 bits per heavy atom. The maximum absolute atomic E-state index is 12.2. The molecule has 1 fully saturated rings. The van der Waals surface area contributed by atoms with Crippen molar-refractivity contribution in [1.29, 1.82) is 0 Å². The molecule has 2 heterocycles. The topological polar surface area (TPSA) is 109 Å². The summed E-state index contributed by atoms with van der Waals surface area (Å²) in [6.45, 7) is 2.74. The van der Waals surface area contributed by atoms with Gasteiger partial charge in [-0.3, -0.25) is 13.9 Å². The fourth-order valence-corrected chi connectivity index (χ4v) is 5.66. The van der Waals surface area contributed by atoms with Gasteiger partial charge in [0.2, 0.25) is 0 Å². The van der Waals surface area contributed by atoms with Crippen LogP contribution in [0.15, 0.2) is 42.6 Å². The zero-order chi connectivity index (χ0) is 21.3. The molecule has 1 aromatic heterocycles. The third-order valence-electron chi connectivity index (χ3n) is 5.77. The maximum atomic E-state index is 12.2. The van der Waals surface area contributed by atoms with Crippen molar-refractivity contribution in [3.05, 3.63) is 53.7 Å². The van der Waals surface area contributed by atoms with Crippen molar-refractivity contribution < 1.29 is 18.6 Å². The number of aromatic amines is 1. The molecule has 1 aliphatic heterocycles. The average Bonchev–Trinajstić information content (AvgIpc) is 3.16. The lowest BCUT2D eigenvalue weighted by molar-refractivity contribution is 0.100. The molecule has 0 unspecified atom stereocenters. The third kappa shape index (κ3) is 4.19. The first kappa shape index (κ1) is 20.8. The van der Waals surface area contributed by atoms with E-state index < -0.39 is 16.5 Å². The Balaban J connectivity index is 1.73. The van der Waals surface area contributed by atoms with E-state index in [4.69, 9.17) is 10.5 Å². The van der Waals surface area contributed by atoms with Crippen LogP contribution in [0.1, 0.15) is 48.0 Å². The Bertz CT molecular complexity index is 1050. The van der Waals surface area contributed by atoms with Gasteiger partial charge in [0.15, 0.2) is 0 Å². The number of amides is 1. The fraction of sp³-hybridized carbons (Fsp3) is 0.348. The molecule has 4 rings (SSSR count). The number of H-pyrrole nitrogens is 1. The molecule has 1 saturated heterocycles. The predicted molar refractivity (Wildman–Crippen MR) is 123 cm³/mol. The molecule has 5 N–H and O–H groups in total. The summed E-state index contributed by atoms with van der Waals surface area (Å²) in [5.41, 5.74) is 9.88.